The van der Waals surface area contributed by atoms with Gasteiger partial charge >= 0.3 is 0 Å². The number of para-hydroxylation sites is 3. The van der Waals surface area contributed by atoms with Gasteiger partial charge in [0.2, 0.25) is 5.91 Å². The summed E-state index contributed by atoms with van der Waals surface area (Å²) in [6.07, 6.45) is 0.875. The average Bonchev–Trinajstić information content (AvgIpc) is 3.07. The van der Waals surface area contributed by atoms with Crippen molar-refractivity contribution < 1.29 is 4.79 Å². The highest BCUT2D eigenvalue weighted by atomic mass is 16.1. The van der Waals surface area contributed by atoms with E-state index < -0.39 is 0 Å². The smallest absolute Gasteiger partial charge is 0.244 e. The molecule has 0 aliphatic heterocycles. The molecule has 0 unspecified atom stereocenters. The minimum Gasteiger partial charge on any atom is -0.324 e. The zero-order valence-electron chi connectivity index (χ0n) is 15.2. The third-order valence-electron chi connectivity index (χ3n) is 4.66. The molecule has 4 aromatic rings. The monoisotopic (exact) mass is 355 g/mol. The molecule has 0 bridgehead atoms. The van der Waals surface area contributed by atoms with Crippen molar-refractivity contribution in [3.63, 3.8) is 0 Å². The summed E-state index contributed by atoms with van der Waals surface area (Å²) in [6.45, 7) is 2.30. The molecule has 3 aromatic carbocycles. The Morgan fingerprint density at radius 1 is 0.926 bits per heavy atom. The quantitative estimate of drug-likeness (QED) is 0.553. The number of anilines is 1. The third kappa shape index (κ3) is 3.47. The number of amides is 1. The molecule has 4 nitrogen and oxygen atoms in total. The molecule has 4 heteroatoms. The third-order valence-corrected chi connectivity index (χ3v) is 4.66. The van der Waals surface area contributed by atoms with Crippen LogP contribution in [0.3, 0.4) is 0 Å². The van der Waals surface area contributed by atoms with Crippen LogP contribution in [-0.2, 0) is 17.8 Å². The first-order valence-electron chi connectivity index (χ1n) is 9.14. The molecule has 0 saturated heterocycles. The Balaban J connectivity index is 1.70. The fourth-order valence-corrected chi connectivity index (χ4v) is 3.33. The second-order valence-electron chi connectivity index (χ2n) is 6.44. The van der Waals surface area contributed by atoms with Crippen molar-refractivity contribution in [3.05, 3.63) is 84.4 Å². The van der Waals surface area contributed by atoms with Gasteiger partial charge in [-0.2, -0.15) is 0 Å². The lowest BCUT2D eigenvalue weighted by molar-refractivity contribution is -0.116. The number of imidazole rings is 1. The number of hydrogen-bond donors (Lipinski definition) is 1. The molecule has 0 aliphatic rings. The minimum atomic E-state index is -0.0590. The van der Waals surface area contributed by atoms with Gasteiger partial charge in [0.05, 0.1) is 11.0 Å². The van der Waals surface area contributed by atoms with Crippen molar-refractivity contribution >= 4 is 22.6 Å². The van der Waals surface area contributed by atoms with E-state index in [0.29, 0.717) is 0 Å². The molecule has 1 amide bonds. The Morgan fingerprint density at radius 2 is 1.63 bits per heavy atom. The summed E-state index contributed by atoms with van der Waals surface area (Å²) >= 11 is 0. The zero-order valence-corrected chi connectivity index (χ0v) is 15.2. The van der Waals surface area contributed by atoms with E-state index in [1.807, 2.05) is 83.4 Å². The van der Waals surface area contributed by atoms with Crippen molar-refractivity contribution in [2.45, 2.75) is 19.9 Å². The molecule has 134 valence electrons. The van der Waals surface area contributed by atoms with Crippen LogP contribution >= 0.6 is 0 Å². The standard InChI is InChI=1S/C23H21N3O/c1-2-17-10-6-7-13-19(17)24-22(27)16-26-21-15-9-8-14-20(21)25-23(26)18-11-4-3-5-12-18/h3-15H,2,16H2,1H3,(H,24,27). The SMILES string of the molecule is CCc1ccccc1NC(=O)Cn1c(-c2ccccc2)nc2ccccc21. The van der Waals surface area contributed by atoms with Crippen molar-refractivity contribution in [3.8, 4) is 11.4 Å². The maximum atomic E-state index is 12.8. The van der Waals surface area contributed by atoms with Gasteiger partial charge in [0, 0.05) is 11.3 Å². The molecule has 1 N–H and O–H groups in total. The number of benzene rings is 3. The summed E-state index contributed by atoms with van der Waals surface area (Å²) in [6, 6.07) is 25.8. The van der Waals surface area contributed by atoms with E-state index in [2.05, 4.69) is 12.2 Å². The Labute approximate surface area is 158 Å². The van der Waals surface area contributed by atoms with Gasteiger partial charge in [-0.05, 0) is 30.2 Å². The predicted molar refractivity (Wildman–Crippen MR) is 110 cm³/mol. The number of aryl methyl sites for hydroxylation is 1. The van der Waals surface area contributed by atoms with E-state index in [4.69, 9.17) is 4.98 Å². The number of rotatable bonds is 5. The summed E-state index contributed by atoms with van der Waals surface area (Å²) in [5, 5.41) is 3.06. The van der Waals surface area contributed by atoms with E-state index >= 15 is 0 Å². The molecular weight excluding hydrogens is 334 g/mol. The Morgan fingerprint density at radius 3 is 2.44 bits per heavy atom. The lowest BCUT2D eigenvalue weighted by atomic mass is 10.1. The summed E-state index contributed by atoms with van der Waals surface area (Å²) in [7, 11) is 0. The van der Waals surface area contributed by atoms with Crippen molar-refractivity contribution in [2.75, 3.05) is 5.32 Å². The van der Waals surface area contributed by atoms with Crippen molar-refractivity contribution in [1.29, 1.82) is 0 Å². The fraction of sp³-hybridized carbons (Fsp3) is 0.130. The number of hydrogen-bond acceptors (Lipinski definition) is 2. The lowest BCUT2D eigenvalue weighted by Crippen LogP contribution is -2.20. The molecule has 0 fully saturated rings. The molecule has 27 heavy (non-hydrogen) atoms. The van der Waals surface area contributed by atoms with E-state index in [1.165, 1.54) is 0 Å². The highest BCUT2D eigenvalue weighted by Gasteiger charge is 2.15. The van der Waals surface area contributed by atoms with Gasteiger partial charge in [0.25, 0.3) is 0 Å². The minimum absolute atomic E-state index is 0.0590. The van der Waals surface area contributed by atoms with Crippen LogP contribution in [0.2, 0.25) is 0 Å². The number of carbonyl (C=O) groups is 1. The molecule has 0 saturated carbocycles. The second kappa shape index (κ2) is 7.46. The average molecular weight is 355 g/mol. The van der Waals surface area contributed by atoms with Gasteiger partial charge in [-0.1, -0.05) is 67.6 Å². The van der Waals surface area contributed by atoms with E-state index in [1.54, 1.807) is 0 Å². The summed E-state index contributed by atoms with van der Waals surface area (Å²) in [4.78, 5) is 17.6. The van der Waals surface area contributed by atoms with Crippen LogP contribution in [0.4, 0.5) is 5.69 Å². The summed E-state index contributed by atoms with van der Waals surface area (Å²) in [5.74, 6) is 0.743. The van der Waals surface area contributed by atoms with Crippen LogP contribution in [0.1, 0.15) is 12.5 Å². The number of aromatic nitrogens is 2. The van der Waals surface area contributed by atoms with Crippen LogP contribution in [0.25, 0.3) is 22.4 Å². The van der Waals surface area contributed by atoms with Gasteiger partial charge in [-0.15, -0.1) is 0 Å². The molecule has 0 aliphatic carbocycles. The largest absolute Gasteiger partial charge is 0.324 e. The first-order chi connectivity index (χ1) is 13.3. The Kier molecular flexibility index (Phi) is 4.71. The van der Waals surface area contributed by atoms with Gasteiger partial charge in [0.15, 0.2) is 0 Å². The molecule has 0 atom stereocenters. The first-order valence-corrected chi connectivity index (χ1v) is 9.14. The van der Waals surface area contributed by atoms with Crippen LogP contribution in [-0.4, -0.2) is 15.5 Å². The maximum Gasteiger partial charge on any atom is 0.244 e. The topological polar surface area (TPSA) is 46.9 Å². The van der Waals surface area contributed by atoms with E-state index in [-0.39, 0.29) is 12.5 Å². The predicted octanol–water partition coefficient (Wildman–Crippen LogP) is 4.90. The van der Waals surface area contributed by atoms with Gasteiger partial charge in [-0.25, -0.2) is 4.98 Å². The molecule has 4 rings (SSSR count). The first kappa shape index (κ1) is 17.0. The Hall–Kier alpha value is -3.40. The number of nitrogens with zero attached hydrogens (tertiary/aromatic N) is 2. The number of carbonyl (C=O) groups excluding carboxylic acids is 1. The van der Waals surface area contributed by atoms with Gasteiger partial charge in [-0.3, -0.25) is 4.79 Å². The Bertz CT molecular complexity index is 1080. The molecule has 0 spiro atoms. The molecule has 0 radical (unpaired) electrons. The summed E-state index contributed by atoms with van der Waals surface area (Å²) < 4.78 is 1.98. The maximum absolute atomic E-state index is 12.8. The summed E-state index contributed by atoms with van der Waals surface area (Å²) in [5.41, 5.74) is 4.84. The highest BCUT2D eigenvalue weighted by molar-refractivity contribution is 5.93. The van der Waals surface area contributed by atoms with E-state index in [9.17, 15) is 4.79 Å². The normalized spacial score (nSPS) is 10.9. The van der Waals surface area contributed by atoms with Gasteiger partial charge < -0.3 is 9.88 Å². The van der Waals surface area contributed by atoms with Crippen LogP contribution in [0.5, 0.6) is 0 Å². The lowest BCUT2D eigenvalue weighted by Gasteiger charge is -2.12. The molecule has 1 aromatic heterocycles. The number of fused-ring (bicyclic) bond motifs is 1. The van der Waals surface area contributed by atoms with E-state index in [0.717, 1.165) is 40.1 Å². The molecule has 1 heterocycles. The highest BCUT2D eigenvalue weighted by Crippen LogP contribution is 2.25. The molecular formula is C23H21N3O. The van der Waals surface area contributed by atoms with Crippen LogP contribution in [0.15, 0.2) is 78.9 Å². The fourth-order valence-electron chi connectivity index (χ4n) is 3.33. The van der Waals surface area contributed by atoms with Crippen LogP contribution in [0, 0.1) is 0 Å². The second-order valence-corrected chi connectivity index (χ2v) is 6.44. The van der Waals surface area contributed by atoms with Crippen molar-refractivity contribution in [2.24, 2.45) is 0 Å². The number of nitrogens with one attached hydrogen (secondary N) is 1. The van der Waals surface area contributed by atoms with Crippen LogP contribution < -0.4 is 5.32 Å². The van der Waals surface area contributed by atoms with Crippen molar-refractivity contribution in [1.82, 2.24) is 9.55 Å². The zero-order chi connectivity index (χ0) is 18.6. The van der Waals surface area contributed by atoms with Gasteiger partial charge in [0.1, 0.15) is 12.4 Å².